The monoisotopic (exact) mass is 179 g/mol. The van der Waals surface area contributed by atoms with Crippen molar-refractivity contribution in [3.8, 4) is 6.07 Å². The van der Waals surface area contributed by atoms with Crippen LogP contribution in [0, 0.1) is 11.3 Å². The molecule has 0 aliphatic carbocycles. The molecule has 0 radical (unpaired) electrons. The number of hydrogen-bond donors (Lipinski definition) is 1. The Kier molecular flexibility index (Phi) is 2.62. The minimum Gasteiger partial charge on any atom is -0.478 e. The van der Waals surface area contributed by atoms with E-state index in [2.05, 4.69) is 0 Å². The first-order valence-electron chi connectivity index (χ1n) is 3.12. The third-order valence-electron chi connectivity index (χ3n) is 1.19. The van der Waals surface area contributed by atoms with Crippen LogP contribution in [0.3, 0.4) is 0 Å². The summed E-state index contributed by atoms with van der Waals surface area (Å²) < 4.78 is 0. The highest BCUT2D eigenvalue weighted by atomic mass is 32.1. The maximum atomic E-state index is 10.4. The van der Waals surface area contributed by atoms with Gasteiger partial charge in [-0.1, -0.05) is 0 Å². The first-order chi connectivity index (χ1) is 5.74. The molecule has 0 saturated carbocycles. The zero-order valence-electron chi connectivity index (χ0n) is 6.02. The van der Waals surface area contributed by atoms with Crippen LogP contribution in [0.5, 0.6) is 0 Å². The highest BCUT2D eigenvalue weighted by molar-refractivity contribution is 7.11. The summed E-state index contributed by atoms with van der Waals surface area (Å²) in [6.45, 7) is 0. The van der Waals surface area contributed by atoms with Gasteiger partial charge in [-0.05, 0) is 12.1 Å². The quantitative estimate of drug-likeness (QED) is 0.706. The Morgan fingerprint density at radius 3 is 3.00 bits per heavy atom. The zero-order valence-corrected chi connectivity index (χ0v) is 6.84. The topological polar surface area (TPSA) is 61.1 Å². The van der Waals surface area contributed by atoms with Gasteiger partial charge >= 0.3 is 5.97 Å². The van der Waals surface area contributed by atoms with E-state index in [0.717, 1.165) is 4.88 Å². The highest BCUT2D eigenvalue weighted by Gasteiger charge is 2.03. The molecule has 1 aromatic heterocycles. The average molecular weight is 179 g/mol. The average Bonchev–Trinajstić information content (AvgIpc) is 2.48. The molecule has 4 heteroatoms. The van der Waals surface area contributed by atoms with Crippen LogP contribution in [0.4, 0.5) is 0 Å². The van der Waals surface area contributed by atoms with Gasteiger partial charge in [0.25, 0.3) is 0 Å². The van der Waals surface area contributed by atoms with E-state index in [4.69, 9.17) is 10.4 Å². The van der Waals surface area contributed by atoms with Gasteiger partial charge < -0.3 is 5.11 Å². The number of carboxylic acids is 1. The van der Waals surface area contributed by atoms with E-state index in [0.29, 0.717) is 0 Å². The number of carboxylic acid groups (broad SMARTS) is 1. The molecule has 3 nitrogen and oxygen atoms in total. The summed E-state index contributed by atoms with van der Waals surface area (Å²) in [4.78, 5) is 11.2. The Labute approximate surface area is 73.2 Å². The van der Waals surface area contributed by atoms with Crippen molar-refractivity contribution in [2.24, 2.45) is 0 Å². The van der Waals surface area contributed by atoms with Gasteiger partial charge in [0, 0.05) is 16.3 Å². The Morgan fingerprint density at radius 2 is 2.50 bits per heavy atom. The van der Waals surface area contributed by atoms with E-state index < -0.39 is 5.97 Å². The second-order valence-corrected chi connectivity index (χ2v) is 2.95. The minimum atomic E-state index is -0.942. The number of nitrogens with zero attached hydrogens (tertiary/aromatic N) is 1. The fourth-order valence-electron chi connectivity index (χ4n) is 0.672. The van der Waals surface area contributed by atoms with Crippen LogP contribution < -0.4 is 0 Å². The van der Waals surface area contributed by atoms with Crippen molar-refractivity contribution in [1.82, 2.24) is 0 Å². The van der Waals surface area contributed by atoms with Crippen molar-refractivity contribution >= 4 is 23.4 Å². The van der Waals surface area contributed by atoms with E-state index in [9.17, 15) is 4.79 Å². The van der Waals surface area contributed by atoms with Gasteiger partial charge in [-0.15, -0.1) is 11.3 Å². The molecule has 60 valence electrons. The molecular formula is C8H5NO2S. The highest BCUT2D eigenvalue weighted by Crippen LogP contribution is 2.15. The number of carbonyl (C=O) groups is 1. The fourth-order valence-corrected chi connectivity index (χ4v) is 1.45. The van der Waals surface area contributed by atoms with Crippen LogP contribution in [0.25, 0.3) is 6.08 Å². The van der Waals surface area contributed by atoms with Crippen LogP contribution in [0.15, 0.2) is 17.5 Å². The number of nitriles is 1. The SMILES string of the molecule is N#CC=Cc1cc(C(=O)O)cs1. The van der Waals surface area contributed by atoms with Crippen molar-refractivity contribution in [2.75, 3.05) is 0 Å². The van der Waals surface area contributed by atoms with Crippen LogP contribution in [-0.4, -0.2) is 11.1 Å². The van der Waals surface area contributed by atoms with E-state index in [1.165, 1.54) is 23.5 Å². The van der Waals surface area contributed by atoms with Gasteiger partial charge in [0.15, 0.2) is 0 Å². The Bertz CT molecular complexity index is 359. The first-order valence-corrected chi connectivity index (χ1v) is 4.00. The molecule has 0 aromatic carbocycles. The molecule has 12 heavy (non-hydrogen) atoms. The maximum Gasteiger partial charge on any atom is 0.336 e. The van der Waals surface area contributed by atoms with Crippen molar-refractivity contribution in [3.63, 3.8) is 0 Å². The van der Waals surface area contributed by atoms with Gasteiger partial charge in [0.05, 0.1) is 11.6 Å². The minimum absolute atomic E-state index is 0.262. The first kappa shape index (κ1) is 8.50. The van der Waals surface area contributed by atoms with Crippen LogP contribution >= 0.6 is 11.3 Å². The zero-order chi connectivity index (χ0) is 8.97. The largest absolute Gasteiger partial charge is 0.478 e. The number of allylic oxidation sites excluding steroid dienone is 1. The smallest absolute Gasteiger partial charge is 0.336 e. The summed E-state index contributed by atoms with van der Waals surface area (Å²) in [5, 5.41) is 18.3. The molecule has 0 unspecified atom stereocenters. The molecular weight excluding hydrogens is 174 g/mol. The Balaban J connectivity index is 2.86. The van der Waals surface area contributed by atoms with Crippen molar-refractivity contribution in [2.45, 2.75) is 0 Å². The van der Waals surface area contributed by atoms with Gasteiger partial charge in [-0.3, -0.25) is 0 Å². The normalized spacial score (nSPS) is 9.92. The standard InChI is InChI=1S/C8H5NO2S/c9-3-1-2-7-4-6(5-12-7)8(10)11/h1-2,4-5H,(H,10,11). The Morgan fingerprint density at radius 1 is 1.75 bits per heavy atom. The molecule has 0 atom stereocenters. The van der Waals surface area contributed by atoms with Gasteiger partial charge in [0.2, 0.25) is 0 Å². The van der Waals surface area contributed by atoms with E-state index in [-0.39, 0.29) is 5.56 Å². The predicted molar refractivity (Wildman–Crippen MR) is 45.9 cm³/mol. The van der Waals surface area contributed by atoms with Gasteiger partial charge in [-0.2, -0.15) is 5.26 Å². The number of thiophene rings is 1. The molecule has 0 bridgehead atoms. The molecule has 0 saturated heterocycles. The Hall–Kier alpha value is -1.60. The molecule has 0 fully saturated rings. The summed E-state index contributed by atoms with van der Waals surface area (Å²) in [7, 11) is 0. The summed E-state index contributed by atoms with van der Waals surface area (Å²) in [5.74, 6) is -0.942. The van der Waals surface area contributed by atoms with Gasteiger partial charge in [-0.25, -0.2) is 4.79 Å². The second kappa shape index (κ2) is 3.69. The van der Waals surface area contributed by atoms with Crippen molar-refractivity contribution in [1.29, 1.82) is 5.26 Å². The number of hydrogen-bond acceptors (Lipinski definition) is 3. The van der Waals surface area contributed by atoms with Gasteiger partial charge in [0.1, 0.15) is 0 Å². The molecule has 0 aliphatic heterocycles. The van der Waals surface area contributed by atoms with Crippen LogP contribution in [-0.2, 0) is 0 Å². The molecule has 0 aliphatic rings. The van der Waals surface area contributed by atoms with Crippen LogP contribution in [0.1, 0.15) is 15.2 Å². The summed E-state index contributed by atoms with van der Waals surface area (Å²) in [6.07, 6.45) is 2.90. The third kappa shape index (κ3) is 1.94. The predicted octanol–water partition coefficient (Wildman–Crippen LogP) is 1.98. The molecule has 1 N–H and O–H groups in total. The van der Waals surface area contributed by atoms with E-state index in [1.54, 1.807) is 11.5 Å². The number of aromatic carboxylic acids is 1. The lowest BCUT2D eigenvalue weighted by atomic mass is 10.3. The molecule has 1 aromatic rings. The second-order valence-electron chi connectivity index (χ2n) is 2.01. The lowest BCUT2D eigenvalue weighted by molar-refractivity contribution is 0.0697. The fraction of sp³-hybridized carbons (Fsp3) is 0. The molecule has 1 rings (SSSR count). The van der Waals surface area contributed by atoms with E-state index >= 15 is 0 Å². The molecule has 0 spiro atoms. The summed E-state index contributed by atoms with van der Waals surface area (Å²) in [6, 6.07) is 3.36. The van der Waals surface area contributed by atoms with E-state index in [1.807, 2.05) is 6.07 Å². The third-order valence-corrected chi connectivity index (χ3v) is 2.09. The lowest BCUT2D eigenvalue weighted by Gasteiger charge is -1.81. The molecule has 1 heterocycles. The summed E-state index contributed by atoms with van der Waals surface area (Å²) >= 11 is 1.30. The lowest BCUT2D eigenvalue weighted by Crippen LogP contribution is -1.91. The van der Waals surface area contributed by atoms with Crippen molar-refractivity contribution in [3.05, 3.63) is 28.0 Å². The summed E-state index contributed by atoms with van der Waals surface area (Å²) in [5.41, 5.74) is 0.262. The van der Waals surface area contributed by atoms with Crippen molar-refractivity contribution < 1.29 is 9.90 Å². The maximum absolute atomic E-state index is 10.4. The molecule has 0 amide bonds. The van der Waals surface area contributed by atoms with Crippen LogP contribution in [0.2, 0.25) is 0 Å². The number of rotatable bonds is 2.